The zero-order chi connectivity index (χ0) is 24.0. The standard InChI is InChI=1S/C21H18Cl2F3N3O3S/c22-16-3-4-19(18(23)8-16)33(31,32)28-17-6-13-2-1-12(5-14(13)7-17)9-29-10-15(11-30)20(27-29)21(24,25)26/h1-5,8,10,17,28,30H,6-7,9,11H2/t17-/m1/s1. The average molecular weight is 520 g/mol. The van der Waals surface area contributed by atoms with Gasteiger partial charge in [-0.2, -0.15) is 18.3 Å². The second-order valence-electron chi connectivity index (χ2n) is 7.76. The van der Waals surface area contributed by atoms with E-state index in [4.69, 9.17) is 23.2 Å². The molecule has 33 heavy (non-hydrogen) atoms. The van der Waals surface area contributed by atoms with Crippen molar-refractivity contribution in [2.24, 2.45) is 0 Å². The van der Waals surface area contributed by atoms with E-state index >= 15 is 0 Å². The van der Waals surface area contributed by atoms with Crippen LogP contribution in [0.25, 0.3) is 0 Å². The van der Waals surface area contributed by atoms with E-state index in [0.717, 1.165) is 15.8 Å². The van der Waals surface area contributed by atoms with Crippen LogP contribution in [-0.2, 0) is 42.2 Å². The Balaban J connectivity index is 1.49. The fourth-order valence-electron chi connectivity index (χ4n) is 3.91. The molecule has 1 aliphatic carbocycles. The fourth-order valence-corrected chi connectivity index (χ4v) is 5.92. The first-order valence-electron chi connectivity index (χ1n) is 9.78. The first-order chi connectivity index (χ1) is 15.5. The molecule has 176 valence electrons. The molecule has 1 atom stereocenters. The summed E-state index contributed by atoms with van der Waals surface area (Å²) >= 11 is 11.9. The molecule has 2 N–H and O–H groups in total. The molecule has 1 heterocycles. The smallest absolute Gasteiger partial charge is 0.392 e. The summed E-state index contributed by atoms with van der Waals surface area (Å²) in [4.78, 5) is -0.0657. The number of nitrogens with one attached hydrogen (secondary N) is 1. The van der Waals surface area contributed by atoms with Crippen LogP contribution in [0.4, 0.5) is 13.2 Å². The minimum atomic E-state index is -4.65. The Morgan fingerprint density at radius 1 is 1.12 bits per heavy atom. The van der Waals surface area contributed by atoms with E-state index in [2.05, 4.69) is 9.82 Å². The molecule has 3 aromatic rings. The SMILES string of the molecule is O=S(=O)(N[C@@H]1Cc2ccc(Cn3cc(CO)c(C(F)(F)F)n3)cc2C1)c1ccc(Cl)cc1Cl. The highest BCUT2D eigenvalue weighted by Gasteiger charge is 2.37. The van der Waals surface area contributed by atoms with Gasteiger partial charge in [0.25, 0.3) is 0 Å². The predicted molar refractivity (Wildman–Crippen MR) is 117 cm³/mol. The minimum Gasteiger partial charge on any atom is -0.392 e. The zero-order valence-electron chi connectivity index (χ0n) is 16.9. The average Bonchev–Trinajstić information content (AvgIpc) is 3.29. The van der Waals surface area contributed by atoms with Crippen molar-refractivity contribution in [2.75, 3.05) is 0 Å². The van der Waals surface area contributed by atoms with Gasteiger partial charge >= 0.3 is 6.18 Å². The molecule has 0 saturated heterocycles. The number of sulfonamides is 1. The fraction of sp³-hybridized carbons (Fsp3) is 0.286. The Bertz CT molecular complexity index is 1310. The number of aromatic nitrogens is 2. The monoisotopic (exact) mass is 519 g/mol. The van der Waals surface area contributed by atoms with Gasteiger partial charge < -0.3 is 5.11 Å². The number of aliphatic hydroxyl groups is 1. The molecular formula is C21H18Cl2F3N3O3S. The number of hydrogen-bond donors (Lipinski definition) is 2. The van der Waals surface area contributed by atoms with E-state index in [1.54, 1.807) is 6.07 Å². The molecule has 0 aliphatic heterocycles. The molecule has 2 aromatic carbocycles. The van der Waals surface area contributed by atoms with Crippen molar-refractivity contribution in [3.63, 3.8) is 0 Å². The molecule has 1 aromatic heterocycles. The summed E-state index contributed by atoms with van der Waals surface area (Å²) in [5, 5.41) is 13.1. The molecule has 1 aliphatic rings. The van der Waals surface area contributed by atoms with Gasteiger partial charge in [0.1, 0.15) is 4.90 Å². The summed E-state index contributed by atoms with van der Waals surface area (Å²) in [7, 11) is -3.87. The van der Waals surface area contributed by atoms with Crippen LogP contribution in [0, 0.1) is 0 Å². The van der Waals surface area contributed by atoms with Gasteiger partial charge in [-0.15, -0.1) is 0 Å². The van der Waals surface area contributed by atoms with E-state index in [1.165, 1.54) is 24.4 Å². The lowest BCUT2D eigenvalue weighted by Crippen LogP contribution is -2.35. The normalized spacial score (nSPS) is 16.2. The number of aliphatic hydroxyl groups excluding tert-OH is 1. The largest absolute Gasteiger partial charge is 0.435 e. The number of benzene rings is 2. The van der Waals surface area contributed by atoms with Gasteiger partial charge in [0.05, 0.1) is 18.2 Å². The third-order valence-corrected chi connectivity index (χ3v) is 7.57. The minimum absolute atomic E-state index is 0.0208. The molecule has 0 saturated carbocycles. The number of fused-ring (bicyclic) bond motifs is 1. The van der Waals surface area contributed by atoms with Crippen LogP contribution in [0.1, 0.15) is 27.9 Å². The van der Waals surface area contributed by atoms with Crippen molar-refractivity contribution in [1.82, 2.24) is 14.5 Å². The molecule has 0 spiro atoms. The highest BCUT2D eigenvalue weighted by atomic mass is 35.5. The van der Waals surface area contributed by atoms with Crippen molar-refractivity contribution in [1.29, 1.82) is 0 Å². The number of nitrogens with zero attached hydrogens (tertiary/aromatic N) is 2. The zero-order valence-corrected chi connectivity index (χ0v) is 19.2. The molecule has 12 heteroatoms. The number of alkyl halides is 3. The summed E-state index contributed by atoms with van der Waals surface area (Å²) < 4.78 is 68.5. The quantitative estimate of drug-likeness (QED) is 0.511. The van der Waals surface area contributed by atoms with Crippen molar-refractivity contribution >= 4 is 33.2 Å². The second kappa shape index (κ2) is 8.92. The Labute approximate surface area is 198 Å². The van der Waals surface area contributed by atoms with Gasteiger partial charge in [-0.3, -0.25) is 4.68 Å². The highest BCUT2D eigenvalue weighted by Crippen LogP contribution is 2.31. The van der Waals surface area contributed by atoms with Crippen LogP contribution < -0.4 is 4.72 Å². The van der Waals surface area contributed by atoms with Crippen molar-refractivity contribution in [3.8, 4) is 0 Å². The van der Waals surface area contributed by atoms with Crippen LogP contribution in [0.2, 0.25) is 10.0 Å². The van der Waals surface area contributed by atoms with Crippen LogP contribution >= 0.6 is 23.2 Å². The predicted octanol–water partition coefficient (Wildman–Crippen LogP) is 4.20. The summed E-state index contributed by atoms with van der Waals surface area (Å²) in [5.41, 5.74) is 1.15. The first-order valence-corrected chi connectivity index (χ1v) is 12.0. The topological polar surface area (TPSA) is 84.2 Å². The summed E-state index contributed by atoms with van der Waals surface area (Å²) in [6, 6.07) is 9.16. The maximum absolute atomic E-state index is 13.1. The lowest BCUT2D eigenvalue weighted by molar-refractivity contribution is -0.142. The van der Waals surface area contributed by atoms with Crippen molar-refractivity contribution in [3.05, 3.63) is 80.6 Å². The Morgan fingerprint density at radius 3 is 2.48 bits per heavy atom. The summed E-state index contributed by atoms with van der Waals surface area (Å²) in [5.74, 6) is 0. The van der Waals surface area contributed by atoms with Gasteiger partial charge in [0, 0.05) is 22.8 Å². The summed E-state index contributed by atoms with van der Waals surface area (Å²) in [6.07, 6.45) is -2.60. The summed E-state index contributed by atoms with van der Waals surface area (Å²) in [6.45, 7) is -0.689. The lowest BCUT2D eigenvalue weighted by Gasteiger charge is -2.13. The first kappa shape index (κ1) is 24.0. The maximum atomic E-state index is 13.1. The molecule has 4 rings (SSSR count). The van der Waals surface area contributed by atoms with Crippen LogP contribution in [0.15, 0.2) is 47.5 Å². The van der Waals surface area contributed by atoms with Gasteiger partial charge in [0.15, 0.2) is 5.69 Å². The number of rotatable bonds is 6. The Kier molecular flexibility index (Phi) is 6.49. The number of hydrogen-bond acceptors (Lipinski definition) is 4. The van der Waals surface area contributed by atoms with Crippen LogP contribution in [0.5, 0.6) is 0 Å². The molecule has 0 unspecified atom stereocenters. The van der Waals surface area contributed by atoms with E-state index < -0.39 is 34.5 Å². The molecule has 6 nitrogen and oxygen atoms in total. The van der Waals surface area contributed by atoms with Gasteiger partial charge in [-0.1, -0.05) is 41.4 Å². The molecular weight excluding hydrogens is 502 g/mol. The van der Waals surface area contributed by atoms with Crippen molar-refractivity contribution < 1.29 is 26.7 Å². The molecule has 0 amide bonds. The van der Waals surface area contributed by atoms with Crippen LogP contribution in [-0.4, -0.2) is 29.3 Å². The molecule has 0 fully saturated rings. The van der Waals surface area contributed by atoms with Crippen molar-refractivity contribution in [2.45, 2.75) is 43.1 Å². The van der Waals surface area contributed by atoms with Gasteiger partial charge in [-0.25, -0.2) is 13.1 Å². The van der Waals surface area contributed by atoms with E-state index in [1.807, 2.05) is 12.1 Å². The lowest BCUT2D eigenvalue weighted by atomic mass is 10.1. The maximum Gasteiger partial charge on any atom is 0.435 e. The number of halogens is 5. The van der Waals surface area contributed by atoms with E-state index in [-0.39, 0.29) is 22.0 Å². The second-order valence-corrected chi connectivity index (χ2v) is 10.3. The third kappa shape index (κ3) is 5.20. The Hall–Kier alpha value is -2.11. The van der Waals surface area contributed by atoms with Gasteiger partial charge in [-0.05, 0) is 47.7 Å². The van der Waals surface area contributed by atoms with Crippen LogP contribution in [0.3, 0.4) is 0 Å². The molecule has 0 radical (unpaired) electrons. The third-order valence-electron chi connectivity index (χ3n) is 5.33. The Morgan fingerprint density at radius 2 is 1.85 bits per heavy atom. The van der Waals surface area contributed by atoms with Gasteiger partial charge in [0.2, 0.25) is 10.0 Å². The molecule has 0 bridgehead atoms. The highest BCUT2D eigenvalue weighted by molar-refractivity contribution is 7.89. The van der Waals surface area contributed by atoms with E-state index in [0.29, 0.717) is 23.4 Å². The van der Waals surface area contributed by atoms with E-state index in [9.17, 15) is 26.7 Å².